The zero-order chi connectivity index (χ0) is 16.2. The molecule has 2 aromatic rings. The number of para-hydroxylation sites is 1. The molecule has 6 heteroatoms. The highest BCUT2D eigenvalue weighted by atomic mass is 32.2. The zero-order valence-electron chi connectivity index (χ0n) is 12.5. The van der Waals surface area contributed by atoms with Crippen LogP contribution in [0.4, 0.5) is 5.69 Å². The summed E-state index contributed by atoms with van der Waals surface area (Å²) in [7, 11) is -3.19. The molecule has 0 fully saturated rings. The van der Waals surface area contributed by atoms with Gasteiger partial charge in [0.05, 0.1) is 11.5 Å². The van der Waals surface area contributed by atoms with Crippen molar-refractivity contribution >= 4 is 15.5 Å². The molecular weight excluding hydrogens is 302 g/mol. The van der Waals surface area contributed by atoms with Crippen LogP contribution in [-0.4, -0.2) is 26.4 Å². The monoisotopic (exact) mass is 321 g/mol. The van der Waals surface area contributed by atoms with Gasteiger partial charge in [-0.3, -0.25) is 0 Å². The summed E-state index contributed by atoms with van der Waals surface area (Å²) in [6, 6.07) is 11.8. The molecule has 0 heterocycles. The number of ether oxygens (including phenoxy) is 1. The highest BCUT2D eigenvalue weighted by Crippen LogP contribution is 2.30. The molecule has 0 aromatic heterocycles. The van der Waals surface area contributed by atoms with Gasteiger partial charge in [-0.15, -0.1) is 0 Å². The van der Waals surface area contributed by atoms with Crippen LogP contribution < -0.4 is 10.1 Å². The molecule has 0 bridgehead atoms. The number of hydrogen-bond acceptors (Lipinski definition) is 5. The first-order valence-electron chi connectivity index (χ1n) is 6.89. The van der Waals surface area contributed by atoms with Crippen LogP contribution in [-0.2, 0) is 16.4 Å². The molecule has 0 radical (unpaired) electrons. The molecule has 0 saturated heterocycles. The topological polar surface area (TPSA) is 75.6 Å². The number of phenols is 1. The van der Waals surface area contributed by atoms with E-state index < -0.39 is 9.84 Å². The fourth-order valence-corrected chi connectivity index (χ4v) is 2.63. The molecule has 22 heavy (non-hydrogen) atoms. The largest absolute Gasteiger partial charge is 0.504 e. The van der Waals surface area contributed by atoms with E-state index in [0.29, 0.717) is 24.5 Å². The minimum atomic E-state index is -3.19. The summed E-state index contributed by atoms with van der Waals surface area (Å²) in [6.45, 7) is 2.75. The predicted molar refractivity (Wildman–Crippen MR) is 86.2 cm³/mol. The highest BCUT2D eigenvalue weighted by Gasteiger charge is 2.09. The molecule has 5 nitrogen and oxygen atoms in total. The maximum atomic E-state index is 11.4. The molecule has 0 saturated carbocycles. The van der Waals surface area contributed by atoms with Gasteiger partial charge < -0.3 is 15.2 Å². The van der Waals surface area contributed by atoms with Crippen LogP contribution in [0.2, 0.25) is 0 Å². The lowest BCUT2D eigenvalue weighted by atomic mass is 10.2. The van der Waals surface area contributed by atoms with Crippen LogP contribution in [0.3, 0.4) is 0 Å². The second-order valence-corrected chi connectivity index (χ2v) is 6.86. The third kappa shape index (κ3) is 3.92. The summed E-state index contributed by atoms with van der Waals surface area (Å²) in [4.78, 5) is 0.277. The van der Waals surface area contributed by atoms with Crippen LogP contribution in [0, 0.1) is 0 Å². The van der Waals surface area contributed by atoms with Gasteiger partial charge in [0.25, 0.3) is 0 Å². The molecular formula is C16H19NO4S. The number of anilines is 1. The van der Waals surface area contributed by atoms with Crippen LogP contribution in [0.25, 0.3) is 0 Å². The van der Waals surface area contributed by atoms with E-state index in [9.17, 15) is 13.5 Å². The van der Waals surface area contributed by atoms with Crippen LogP contribution in [0.5, 0.6) is 11.5 Å². The third-order valence-electron chi connectivity index (χ3n) is 3.15. The quantitative estimate of drug-likeness (QED) is 0.855. The minimum absolute atomic E-state index is 0.115. The lowest BCUT2D eigenvalue weighted by Gasteiger charge is -2.12. The standard InChI is InChI=1S/C16H19NO4S/c1-3-21-15-6-4-5-12(16(15)18)11-17-13-7-9-14(10-8-13)22(2,19)20/h4-10,17-18H,3,11H2,1-2H3. The first kappa shape index (κ1) is 16.2. The molecule has 0 amide bonds. The van der Waals surface area contributed by atoms with Crippen molar-refractivity contribution in [2.75, 3.05) is 18.2 Å². The van der Waals surface area contributed by atoms with E-state index in [0.717, 1.165) is 5.69 Å². The van der Waals surface area contributed by atoms with E-state index in [4.69, 9.17) is 4.74 Å². The Kier molecular flexibility index (Phi) is 4.92. The van der Waals surface area contributed by atoms with Crippen molar-refractivity contribution in [1.82, 2.24) is 0 Å². The Morgan fingerprint density at radius 3 is 2.41 bits per heavy atom. The van der Waals surface area contributed by atoms with Gasteiger partial charge in [0, 0.05) is 24.1 Å². The van der Waals surface area contributed by atoms with E-state index in [2.05, 4.69) is 5.32 Å². The molecule has 0 aliphatic heterocycles. The van der Waals surface area contributed by atoms with Gasteiger partial charge in [-0.2, -0.15) is 0 Å². The van der Waals surface area contributed by atoms with Crippen molar-refractivity contribution in [3.8, 4) is 11.5 Å². The number of sulfone groups is 1. The van der Waals surface area contributed by atoms with Crippen LogP contribution in [0.1, 0.15) is 12.5 Å². The average molecular weight is 321 g/mol. The molecule has 2 aromatic carbocycles. The lowest BCUT2D eigenvalue weighted by Crippen LogP contribution is -2.02. The molecule has 118 valence electrons. The molecule has 2 rings (SSSR count). The maximum absolute atomic E-state index is 11.4. The van der Waals surface area contributed by atoms with Gasteiger partial charge in [0.1, 0.15) is 0 Å². The number of hydrogen-bond donors (Lipinski definition) is 2. The van der Waals surface area contributed by atoms with Gasteiger partial charge in [0.15, 0.2) is 21.3 Å². The SMILES string of the molecule is CCOc1cccc(CNc2ccc(S(C)(=O)=O)cc2)c1O. The Hall–Kier alpha value is -2.21. The van der Waals surface area contributed by atoms with E-state index in [1.165, 1.54) is 6.26 Å². The summed E-state index contributed by atoms with van der Waals surface area (Å²) in [6.07, 6.45) is 1.17. The average Bonchev–Trinajstić information content (AvgIpc) is 2.48. The predicted octanol–water partition coefficient (Wildman–Crippen LogP) is 2.81. The first-order valence-corrected chi connectivity index (χ1v) is 8.78. The zero-order valence-corrected chi connectivity index (χ0v) is 13.4. The third-order valence-corrected chi connectivity index (χ3v) is 4.28. The smallest absolute Gasteiger partial charge is 0.175 e. The number of phenolic OH excluding ortho intramolecular Hbond substituents is 1. The van der Waals surface area contributed by atoms with E-state index in [1.54, 1.807) is 36.4 Å². The van der Waals surface area contributed by atoms with Crippen LogP contribution in [0.15, 0.2) is 47.4 Å². The Bertz CT molecular complexity index is 739. The summed E-state index contributed by atoms with van der Waals surface area (Å²) in [5, 5.41) is 13.2. The molecule has 0 aliphatic carbocycles. The Morgan fingerprint density at radius 2 is 1.82 bits per heavy atom. The van der Waals surface area contributed by atoms with Crippen molar-refractivity contribution in [2.45, 2.75) is 18.4 Å². The molecule has 2 N–H and O–H groups in total. The lowest BCUT2D eigenvalue weighted by molar-refractivity contribution is 0.317. The van der Waals surface area contributed by atoms with Gasteiger partial charge in [-0.05, 0) is 37.3 Å². The fraction of sp³-hybridized carbons (Fsp3) is 0.250. The Labute approximate surface area is 130 Å². The van der Waals surface area contributed by atoms with Crippen molar-refractivity contribution in [1.29, 1.82) is 0 Å². The number of benzene rings is 2. The molecule has 0 unspecified atom stereocenters. The molecule has 0 atom stereocenters. The van der Waals surface area contributed by atoms with Gasteiger partial charge in [0.2, 0.25) is 0 Å². The fourth-order valence-electron chi connectivity index (χ4n) is 2.00. The summed E-state index contributed by atoms with van der Waals surface area (Å²) >= 11 is 0. The molecule has 0 aliphatic rings. The van der Waals surface area contributed by atoms with Crippen molar-refractivity contribution < 1.29 is 18.3 Å². The normalized spacial score (nSPS) is 11.2. The van der Waals surface area contributed by atoms with E-state index in [1.807, 2.05) is 13.0 Å². The van der Waals surface area contributed by atoms with Crippen molar-refractivity contribution in [2.24, 2.45) is 0 Å². The number of nitrogens with one attached hydrogen (secondary N) is 1. The second kappa shape index (κ2) is 6.70. The summed E-state index contributed by atoms with van der Waals surface area (Å²) in [5.74, 6) is 0.568. The first-order chi connectivity index (χ1) is 10.4. The molecule has 0 spiro atoms. The maximum Gasteiger partial charge on any atom is 0.175 e. The minimum Gasteiger partial charge on any atom is -0.504 e. The second-order valence-electron chi connectivity index (χ2n) is 4.85. The van der Waals surface area contributed by atoms with Crippen molar-refractivity contribution in [3.05, 3.63) is 48.0 Å². The number of rotatable bonds is 6. The Balaban J connectivity index is 2.09. The number of aromatic hydroxyl groups is 1. The summed E-state index contributed by atoms with van der Waals surface area (Å²) in [5.41, 5.74) is 1.48. The van der Waals surface area contributed by atoms with Gasteiger partial charge >= 0.3 is 0 Å². The van der Waals surface area contributed by atoms with Gasteiger partial charge in [-0.25, -0.2) is 8.42 Å². The van der Waals surface area contributed by atoms with Crippen molar-refractivity contribution in [3.63, 3.8) is 0 Å². The van der Waals surface area contributed by atoms with E-state index in [-0.39, 0.29) is 10.6 Å². The highest BCUT2D eigenvalue weighted by molar-refractivity contribution is 7.90. The van der Waals surface area contributed by atoms with E-state index >= 15 is 0 Å². The van der Waals surface area contributed by atoms with Gasteiger partial charge in [-0.1, -0.05) is 12.1 Å². The summed E-state index contributed by atoms with van der Waals surface area (Å²) < 4.78 is 28.1. The van der Waals surface area contributed by atoms with Crippen LogP contribution >= 0.6 is 0 Å². The Morgan fingerprint density at radius 1 is 1.14 bits per heavy atom.